The Hall–Kier alpha value is -2.82. The standard InChI is InChI=1S/C21H21ClN4O4S2/c1-4-9-26-18(13(2)30-15-7-5-6-14(22)11-15)24-25-21(26)32-12-17(27)23-19-16(8-10-31-19)20(28)29-3/h4-8,10-11,13H,1,9,12H2,2-3H3,(H,23,27). The van der Waals surface area contributed by atoms with Gasteiger partial charge in [-0.15, -0.1) is 28.1 Å². The Kier molecular flexibility index (Phi) is 8.32. The van der Waals surface area contributed by atoms with Crippen LogP contribution in [0.2, 0.25) is 5.02 Å². The number of thiophene rings is 1. The number of carbonyl (C=O) groups excluding carboxylic acids is 2. The lowest BCUT2D eigenvalue weighted by Crippen LogP contribution is -2.16. The molecule has 0 radical (unpaired) electrons. The van der Waals surface area contributed by atoms with Crippen LogP contribution in [0, 0.1) is 0 Å². The van der Waals surface area contributed by atoms with Crippen molar-refractivity contribution in [1.29, 1.82) is 0 Å². The molecule has 3 rings (SSSR count). The van der Waals surface area contributed by atoms with Crippen molar-refractivity contribution in [2.24, 2.45) is 0 Å². The van der Waals surface area contributed by atoms with Crippen molar-refractivity contribution < 1.29 is 19.1 Å². The number of methoxy groups -OCH3 is 1. The smallest absolute Gasteiger partial charge is 0.340 e. The van der Waals surface area contributed by atoms with Gasteiger partial charge in [0.15, 0.2) is 17.1 Å². The molecule has 0 aliphatic heterocycles. The molecule has 0 fully saturated rings. The number of thioether (sulfide) groups is 1. The van der Waals surface area contributed by atoms with Crippen molar-refractivity contribution in [3.8, 4) is 5.75 Å². The number of benzene rings is 1. The number of aromatic nitrogens is 3. The van der Waals surface area contributed by atoms with Crippen LogP contribution >= 0.6 is 34.7 Å². The summed E-state index contributed by atoms with van der Waals surface area (Å²) in [5.74, 6) is 0.513. The molecule has 0 aliphatic rings. The van der Waals surface area contributed by atoms with Crippen molar-refractivity contribution in [2.45, 2.75) is 24.7 Å². The Bertz CT molecular complexity index is 1110. The first kappa shape index (κ1) is 23.8. The number of nitrogens with one attached hydrogen (secondary N) is 1. The van der Waals surface area contributed by atoms with Crippen LogP contribution in [-0.4, -0.2) is 39.5 Å². The number of esters is 1. The van der Waals surface area contributed by atoms with Crippen molar-refractivity contribution in [1.82, 2.24) is 14.8 Å². The average Bonchev–Trinajstić information content (AvgIpc) is 3.39. The fraction of sp³-hybridized carbons (Fsp3) is 0.238. The summed E-state index contributed by atoms with van der Waals surface area (Å²) in [4.78, 5) is 24.2. The summed E-state index contributed by atoms with van der Waals surface area (Å²) >= 11 is 8.50. The SMILES string of the molecule is C=CCn1c(SCC(=O)Nc2sccc2C(=O)OC)nnc1C(C)Oc1cccc(Cl)c1. The zero-order valence-corrected chi connectivity index (χ0v) is 19.8. The molecule has 8 nitrogen and oxygen atoms in total. The Morgan fingerprint density at radius 3 is 2.91 bits per heavy atom. The van der Waals surface area contributed by atoms with Crippen LogP contribution in [0.1, 0.15) is 29.2 Å². The number of anilines is 1. The Balaban J connectivity index is 1.67. The normalized spacial score (nSPS) is 11.6. The first-order valence-electron chi connectivity index (χ1n) is 9.47. The van der Waals surface area contributed by atoms with Crippen molar-refractivity contribution >= 4 is 51.6 Å². The van der Waals surface area contributed by atoms with Crippen LogP contribution in [0.4, 0.5) is 5.00 Å². The van der Waals surface area contributed by atoms with Gasteiger partial charge in [0.2, 0.25) is 5.91 Å². The van der Waals surface area contributed by atoms with Gasteiger partial charge in [-0.2, -0.15) is 0 Å². The van der Waals surface area contributed by atoms with Gasteiger partial charge in [0.05, 0.1) is 18.4 Å². The molecule has 32 heavy (non-hydrogen) atoms. The zero-order chi connectivity index (χ0) is 23.1. The molecule has 0 spiro atoms. The number of carbonyl (C=O) groups is 2. The van der Waals surface area contributed by atoms with E-state index in [9.17, 15) is 9.59 Å². The van der Waals surface area contributed by atoms with E-state index in [1.165, 1.54) is 30.2 Å². The van der Waals surface area contributed by atoms with Gasteiger partial charge in [-0.1, -0.05) is 35.5 Å². The third-order valence-corrected chi connectivity index (χ3v) is 6.22. The van der Waals surface area contributed by atoms with E-state index < -0.39 is 12.1 Å². The van der Waals surface area contributed by atoms with Crippen molar-refractivity contribution in [3.05, 3.63) is 64.8 Å². The lowest BCUT2D eigenvalue weighted by molar-refractivity contribution is -0.113. The maximum absolute atomic E-state index is 12.4. The highest BCUT2D eigenvalue weighted by Gasteiger charge is 2.21. The molecule has 0 bridgehead atoms. The van der Waals surface area contributed by atoms with Crippen LogP contribution in [0.15, 0.2) is 53.5 Å². The van der Waals surface area contributed by atoms with Gasteiger partial charge < -0.3 is 14.8 Å². The number of hydrogen-bond acceptors (Lipinski definition) is 8. The van der Waals surface area contributed by atoms with Crippen molar-refractivity contribution in [2.75, 3.05) is 18.2 Å². The molecule has 2 aromatic heterocycles. The second-order valence-corrected chi connectivity index (χ2v) is 8.74. The van der Waals surface area contributed by atoms with Crippen LogP contribution in [0.3, 0.4) is 0 Å². The first-order chi connectivity index (χ1) is 15.4. The third kappa shape index (κ3) is 5.90. The molecule has 1 atom stereocenters. The van der Waals surface area contributed by atoms with Gasteiger partial charge in [-0.25, -0.2) is 4.79 Å². The molecular formula is C21H21ClN4O4S2. The minimum Gasteiger partial charge on any atom is -0.483 e. The van der Waals surface area contributed by atoms with Crippen LogP contribution in [0.25, 0.3) is 0 Å². The molecule has 1 amide bonds. The lowest BCUT2D eigenvalue weighted by Gasteiger charge is -2.16. The van der Waals surface area contributed by atoms with Crippen LogP contribution < -0.4 is 10.1 Å². The van der Waals surface area contributed by atoms with E-state index in [1.54, 1.807) is 35.7 Å². The summed E-state index contributed by atoms with van der Waals surface area (Å²) in [5, 5.41) is 14.5. The van der Waals surface area contributed by atoms with Crippen LogP contribution in [0.5, 0.6) is 5.75 Å². The van der Waals surface area contributed by atoms with E-state index >= 15 is 0 Å². The minimum absolute atomic E-state index is 0.0807. The van der Waals surface area contributed by atoms with E-state index in [0.29, 0.717) is 38.9 Å². The molecule has 11 heteroatoms. The molecule has 0 saturated heterocycles. The Morgan fingerprint density at radius 2 is 2.19 bits per heavy atom. The Morgan fingerprint density at radius 1 is 1.38 bits per heavy atom. The zero-order valence-electron chi connectivity index (χ0n) is 17.4. The highest BCUT2D eigenvalue weighted by atomic mass is 35.5. The monoisotopic (exact) mass is 492 g/mol. The number of nitrogens with zero attached hydrogens (tertiary/aromatic N) is 3. The summed E-state index contributed by atoms with van der Waals surface area (Å²) in [6.07, 6.45) is 1.31. The minimum atomic E-state index is -0.502. The van der Waals surface area contributed by atoms with Gasteiger partial charge in [-0.3, -0.25) is 9.36 Å². The largest absolute Gasteiger partial charge is 0.483 e. The van der Waals surface area contributed by atoms with E-state index in [-0.39, 0.29) is 11.7 Å². The highest BCUT2D eigenvalue weighted by molar-refractivity contribution is 7.99. The average molecular weight is 493 g/mol. The van der Waals surface area contributed by atoms with Gasteiger partial charge >= 0.3 is 5.97 Å². The number of allylic oxidation sites excluding steroid dienone is 1. The van der Waals surface area contributed by atoms with Gasteiger partial charge in [0.25, 0.3) is 0 Å². The summed E-state index contributed by atoms with van der Waals surface area (Å²) in [6.45, 7) is 6.10. The molecule has 1 N–H and O–H groups in total. The summed E-state index contributed by atoms with van der Waals surface area (Å²) < 4.78 is 12.5. The molecule has 1 aromatic carbocycles. The highest BCUT2D eigenvalue weighted by Crippen LogP contribution is 2.27. The lowest BCUT2D eigenvalue weighted by atomic mass is 10.3. The third-order valence-electron chi connectivity index (χ3n) is 4.19. The molecule has 1 unspecified atom stereocenters. The van der Waals surface area contributed by atoms with Gasteiger partial charge in [0, 0.05) is 11.6 Å². The second kappa shape index (κ2) is 11.2. The van der Waals surface area contributed by atoms with Gasteiger partial charge in [0.1, 0.15) is 10.8 Å². The molecule has 0 aliphatic carbocycles. The predicted molar refractivity (Wildman–Crippen MR) is 126 cm³/mol. The number of ether oxygens (including phenoxy) is 2. The summed E-state index contributed by atoms with van der Waals surface area (Å²) in [6, 6.07) is 8.71. The maximum Gasteiger partial charge on any atom is 0.340 e. The Labute approximate surface area is 198 Å². The number of rotatable bonds is 10. The van der Waals surface area contributed by atoms with Crippen LogP contribution in [-0.2, 0) is 16.1 Å². The van der Waals surface area contributed by atoms with E-state index in [2.05, 4.69) is 22.1 Å². The fourth-order valence-electron chi connectivity index (χ4n) is 2.77. The molecule has 2 heterocycles. The van der Waals surface area contributed by atoms with E-state index in [0.717, 1.165) is 0 Å². The first-order valence-corrected chi connectivity index (χ1v) is 11.7. The van der Waals surface area contributed by atoms with Gasteiger partial charge in [-0.05, 0) is 36.6 Å². The second-order valence-electron chi connectivity index (χ2n) is 6.45. The molecule has 168 valence electrons. The number of hydrogen-bond donors (Lipinski definition) is 1. The number of halogens is 1. The predicted octanol–water partition coefficient (Wildman–Crippen LogP) is 4.84. The van der Waals surface area contributed by atoms with E-state index in [4.69, 9.17) is 21.1 Å². The summed E-state index contributed by atoms with van der Waals surface area (Å²) in [7, 11) is 1.29. The quantitative estimate of drug-likeness (QED) is 0.246. The molecular weight excluding hydrogens is 472 g/mol. The maximum atomic E-state index is 12.4. The fourth-order valence-corrected chi connectivity index (χ4v) is 4.50. The molecule has 0 saturated carbocycles. The van der Waals surface area contributed by atoms with E-state index in [1.807, 2.05) is 17.6 Å². The summed E-state index contributed by atoms with van der Waals surface area (Å²) in [5.41, 5.74) is 0.319. The van der Waals surface area contributed by atoms with Crippen molar-refractivity contribution in [3.63, 3.8) is 0 Å². The topological polar surface area (TPSA) is 95.3 Å². The molecule has 3 aromatic rings. The number of amides is 1.